The highest BCUT2D eigenvalue weighted by Crippen LogP contribution is 2.33. The predicted molar refractivity (Wildman–Crippen MR) is 137 cm³/mol. The molecule has 37 heavy (non-hydrogen) atoms. The number of nitrogens with two attached hydrogens (primary N) is 2. The Bertz CT molecular complexity index is 1280. The summed E-state index contributed by atoms with van der Waals surface area (Å²) in [6.45, 7) is 8.10. The quantitative estimate of drug-likeness (QED) is 0.355. The average molecular weight is 506 g/mol. The molecule has 0 spiro atoms. The maximum atomic E-state index is 13.0. The molecule has 194 valence electrons. The third-order valence-electron chi connectivity index (χ3n) is 6.78. The Kier molecular flexibility index (Phi) is 7.58. The van der Waals surface area contributed by atoms with Gasteiger partial charge in [-0.2, -0.15) is 10.1 Å². The number of pyridine rings is 1. The summed E-state index contributed by atoms with van der Waals surface area (Å²) in [5.74, 6) is -0.253. The minimum absolute atomic E-state index is 0.00502. The monoisotopic (exact) mass is 505 g/mol. The van der Waals surface area contributed by atoms with E-state index in [1.165, 1.54) is 17.1 Å². The summed E-state index contributed by atoms with van der Waals surface area (Å²) in [4.78, 5) is 43.9. The topological polar surface area (TPSA) is 168 Å². The van der Waals surface area contributed by atoms with Gasteiger partial charge in [0, 0.05) is 43.4 Å². The van der Waals surface area contributed by atoms with Crippen molar-refractivity contribution in [2.75, 3.05) is 32.0 Å². The maximum Gasteiger partial charge on any atom is 0.281 e. The SMILES string of the molecule is CC(C)C(C)(C(N)=NC(=O)c1cnn(CC(=O)N2CCOCC2)c1)c1ccc(-c2cnc(N)nc2)nc1. The molecule has 0 bridgehead atoms. The second-order valence-electron chi connectivity index (χ2n) is 9.34. The largest absolute Gasteiger partial charge is 0.386 e. The number of amidine groups is 1. The van der Waals surface area contributed by atoms with Crippen LogP contribution in [0.5, 0.6) is 0 Å². The number of nitrogens with zero attached hydrogens (tertiary/aromatic N) is 7. The highest BCUT2D eigenvalue weighted by atomic mass is 16.5. The van der Waals surface area contributed by atoms with Crippen LogP contribution in [-0.4, -0.2) is 73.6 Å². The van der Waals surface area contributed by atoms with Crippen LogP contribution in [0, 0.1) is 5.92 Å². The number of aliphatic imine (C=N–C) groups is 1. The molecule has 3 aromatic rings. The third kappa shape index (κ3) is 5.64. The van der Waals surface area contributed by atoms with Gasteiger partial charge in [-0.15, -0.1) is 0 Å². The lowest BCUT2D eigenvalue weighted by molar-refractivity contribution is -0.136. The Hall–Kier alpha value is -4.19. The zero-order valence-electron chi connectivity index (χ0n) is 21.2. The number of hydrogen-bond donors (Lipinski definition) is 2. The number of amides is 2. The van der Waals surface area contributed by atoms with Crippen LogP contribution in [0.1, 0.15) is 36.7 Å². The summed E-state index contributed by atoms with van der Waals surface area (Å²) in [6.07, 6.45) is 7.83. The molecule has 3 aromatic heterocycles. The molecular formula is C25H31N9O3. The van der Waals surface area contributed by atoms with Crippen molar-refractivity contribution in [2.45, 2.75) is 32.7 Å². The zero-order valence-corrected chi connectivity index (χ0v) is 21.2. The van der Waals surface area contributed by atoms with E-state index in [0.717, 1.165) is 11.1 Å². The first-order chi connectivity index (χ1) is 17.7. The van der Waals surface area contributed by atoms with Gasteiger partial charge in [-0.1, -0.05) is 19.9 Å². The Morgan fingerprint density at radius 3 is 2.43 bits per heavy atom. The minimum atomic E-state index is -0.763. The second kappa shape index (κ2) is 10.8. The van der Waals surface area contributed by atoms with Crippen molar-refractivity contribution in [3.05, 3.63) is 54.2 Å². The number of hydrogen-bond acceptors (Lipinski definition) is 8. The molecule has 4 N–H and O–H groups in total. The molecule has 0 saturated carbocycles. The molecule has 2 amide bonds. The number of carbonyl (C=O) groups is 2. The molecule has 1 atom stereocenters. The Morgan fingerprint density at radius 1 is 1.11 bits per heavy atom. The number of ether oxygens (including phenoxy) is 1. The molecular weight excluding hydrogens is 474 g/mol. The fourth-order valence-corrected chi connectivity index (χ4v) is 4.02. The van der Waals surface area contributed by atoms with E-state index in [9.17, 15) is 9.59 Å². The van der Waals surface area contributed by atoms with E-state index in [2.05, 4.69) is 25.0 Å². The predicted octanol–water partition coefficient (Wildman–Crippen LogP) is 1.29. The number of nitrogen functional groups attached to an aromatic ring is 1. The van der Waals surface area contributed by atoms with Gasteiger partial charge in [-0.05, 0) is 24.5 Å². The van der Waals surface area contributed by atoms with Gasteiger partial charge in [-0.25, -0.2) is 9.97 Å². The number of anilines is 1. The molecule has 12 heteroatoms. The number of aromatic nitrogens is 5. The van der Waals surface area contributed by atoms with Gasteiger partial charge in [0.15, 0.2) is 0 Å². The first-order valence-corrected chi connectivity index (χ1v) is 12.0. The van der Waals surface area contributed by atoms with Crippen molar-refractivity contribution >= 4 is 23.6 Å². The summed E-state index contributed by atoms with van der Waals surface area (Å²) < 4.78 is 6.71. The van der Waals surface area contributed by atoms with Gasteiger partial charge in [0.1, 0.15) is 12.4 Å². The average Bonchev–Trinajstić information content (AvgIpc) is 3.37. The van der Waals surface area contributed by atoms with Gasteiger partial charge in [0.05, 0.1) is 36.1 Å². The first-order valence-electron chi connectivity index (χ1n) is 12.0. The summed E-state index contributed by atoms with van der Waals surface area (Å²) in [5, 5.41) is 4.16. The smallest absolute Gasteiger partial charge is 0.281 e. The second-order valence-corrected chi connectivity index (χ2v) is 9.34. The standard InChI is InChI=1S/C25H31N9O3/c1-16(2)25(3,19-4-5-20(28-13-19)17-10-29-24(27)30-11-17)23(26)32-22(36)18-12-31-34(14-18)15-21(35)33-6-8-37-9-7-33/h4-5,10-14,16H,6-9,15H2,1-3H3,(H2,26,32,36)(H2,27,29,30). The fraction of sp³-hybridized carbons (Fsp3) is 0.400. The van der Waals surface area contributed by atoms with Crippen LogP contribution < -0.4 is 11.5 Å². The number of carbonyl (C=O) groups excluding carboxylic acids is 2. The third-order valence-corrected chi connectivity index (χ3v) is 6.78. The van der Waals surface area contributed by atoms with Crippen LogP contribution in [0.2, 0.25) is 0 Å². The highest BCUT2D eigenvalue weighted by molar-refractivity contribution is 6.05. The molecule has 0 aliphatic carbocycles. The van der Waals surface area contributed by atoms with Gasteiger partial charge < -0.3 is 21.1 Å². The first kappa shape index (κ1) is 25.9. The molecule has 4 heterocycles. The lowest BCUT2D eigenvalue weighted by Gasteiger charge is -2.33. The summed E-state index contributed by atoms with van der Waals surface area (Å²) in [7, 11) is 0. The fourth-order valence-electron chi connectivity index (χ4n) is 4.02. The van der Waals surface area contributed by atoms with E-state index in [1.54, 1.807) is 23.5 Å². The van der Waals surface area contributed by atoms with Crippen molar-refractivity contribution in [3.8, 4) is 11.3 Å². The zero-order chi connectivity index (χ0) is 26.6. The van der Waals surface area contributed by atoms with Crippen LogP contribution in [0.3, 0.4) is 0 Å². The summed E-state index contributed by atoms with van der Waals surface area (Å²) >= 11 is 0. The maximum absolute atomic E-state index is 13.0. The van der Waals surface area contributed by atoms with Crippen LogP contribution in [0.4, 0.5) is 5.95 Å². The van der Waals surface area contributed by atoms with Gasteiger partial charge in [0.2, 0.25) is 11.9 Å². The van der Waals surface area contributed by atoms with E-state index in [4.69, 9.17) is 16.2 Å². The van der Waals surface area contributed by atoms with E-state index >= 15 is 0 Å². The van der Waals surface area contributed by atoms with Gasteiger partial charge in [0.25, 0.3) is 5.91 Å². The lowest BCUT2D eigenvalue weighted by Crippen LogP contribution is -2.43. The number of rotatable bonds is 7. The molecule has 1 fully saturated rings. The van der Waals surface area contributed by atoms with Crippen molar-refractivity contribution < 1.29 is 14.3 Å². The van der Waals surface area contributed by atoms with Crippen molar-refractivity contribution in [1.82, 2.24) is 29.6 Å². The van der Waals surface area contributed by atoms with E-state index in [-0.39, 0.29) is 35.7 Å². The Labute approximate surface area is 214 Å². The minimum Gasteiger partial charge on any atom is -0.386 e. The van der Waals surface area contributed by atoms with Crippen LogP contribution in [0.15, 0.2) is 48.1 Å². The normalized spacial score (nSPS) is 16.0. The van der Waals surface area contributed by atoms with Crippen molar-refractivity contribution in [2.24, 2.45) is 16.6 Å². The van der Waals surface area contributed by atoms with Crippen LogP contribution in [-0.2, 0) is 21.5 Å². The Balaban J connectivity index is 1.51. The van der Waals surface area contributed by atoms with E-state index < -0.39 is 11.3 Å². The summed E-state index contributed by atoms with van der Waals surface area (Å²) in [6, 6.07) is 3.75. The molecule has 1 unspecified atom stereocenters. The van der Waals surface area contributed by atoms with Crippen LogP contribution >= 0.6 is 0 Å². The van der Waals surface area contributed by atoms with Gasteiger partial charge >= 0.3 is 0 Å². The molecule has 12 nitrogen and oxygen atoms in total. The molecule has 1 saturated heterocycles. The van der Waals surface area contributed by atoms with E-state index in [1.807, 2.05) is 32.9 Å². The van der Waals surface area contributed by atoms with Crippen molar-refractivity contribution in [1.29, 1.82) is 0 Å². The van der Waals surface area contributed by atoms with Gasteiger partial charge in [-0.3, -0.25) is 19.3 Å². The van der Waals surface area contributed by atoms with Crippen molar-refractivity contribution in [3.63, 3.8) is 0 Å². The molecule has 1 aliphatic rings. The number of morpholine rings is 1. The molecule has 4 rings (SSSR count). The van der Waals surface area contributed by atoms with E-state index in [0.29, 0.717) is 32.0 Å². The summed E-state index contributed by atoms with van der Waals surface area (Å²) in [5.41, 5.74) is 13.7. The Morgan fingerprint density at radius 2 is 1.81 bits per heavy atom. The molecule has 0 radical (unpaired) electrons. The lowest BCUT2D eigenvalue weighted by atomic mass is 9.73. The highest BCUT2D eigenvalue weighted by Gasteiger charge is 2.36. The molecule has 0 aromatic carbocycles. The molecule has 1 aliphatic heterocycles. The van der Waals surface area contributed by atoms with Crippen LogP contribution in [0.25, 0.3) is 11.3 Å².